The van der Waals surface area contributed by atoms with E-state index in [1.165, 1.54) is 0 Å². The third-order valence-corrected chi connectivity index (χ3v) is 2.78. The maximum absolute atomic E-state index is 12.2. The van der Waals surface area contributed by atoms with E-state index in [1.807, 2.05) is 37.3 Å². The molecule has 1 rings (SSSR count). The van der Waals surface area contributed by atoms with Crippen molar-refractivity contribution in [3.63, 3.8) is 0 Å². The lowest BCUT2D eigenvalue weighted by molar-refractivity contribution is -0.118. The minimum atomic E-state index is -0.120. The molecule has 18 heavy (non-hydrogen) atoms. The number of rotatable bonds is 6. The molecular formula is C14H19N3O. The lowest BCUT2D eigenvalue weighted by atomic mass is 10.1. The van der Waals surface area contributed by atoms with Gasteiger partial charge in [0.1, 0.15) is 0 Å². The summed E-state index contributed by atoms with van der Waals surface area (Å²) in [5.41, 5.74) is 6.63. The summed E-state index contributed by atoms with van der Waals surface area (Å²) in [6.07, 6.45) is 1.41. The quantitative estimate of drug-likeness (QED) is 0.834. The van der Waals surface area contributed by atoms with E-state index >= 15 is 0 Å². The van der Waals surface area contributed by atoms with Gasteiger partial charge in [0.05, 0.1) is 12.5 Å². The number of nitrogens with two attached hydrogens (primary N) is 1. The second-order valence-corrected chi connectivity index (χ2v) is 4.16. The van der Waals surface area contributed by atoms with Crippen LogP contribution in [0.4, 0.5) is 5.69 Å². The molecule has 0 aliphatic carbocycles. The summed E-state index contributed by atoms with van der Waals surface area (Å²) >= 11 is 0. The van der Waals surface area contributed by atoms with E-state index in [4.69, 9.17) is 11.0 Å². The molecule has 1 unspecified atom stereocenters. The van der Waals surface area contributed by atoms with E-state index < -0.39 is 0 Å². The first-order valence-electron chi connectivity index (χ1n) is 6.17. The molecule has 0 radical (unpaired) electrons. The number of hydrogen-bond donors (Lipinski definition) is 1. The number of carbonyl (C=O) groups excluding carboxylic acids is 1. The topological polar surface area (TPSA) is 70.1 Å². The molecule has 0 saturated heterocycles. The Balaban J connectivity index is 2.79. The van der Waals surface area contributed by atoms with Gasteiger partial charge >= 0.3 is 0 Å². The Kier molecular flexibility index (Phi) is 5.89. The summed E-state index contributed by atoms with van der Waals surface area (Å²) in [5.74, 6) is -0.0224. The fourth-order valence-electron chi connectivity index (χ4n) is 1.65. The van der Waals surface area contributed by atoms with Gasteiger partial charge in [0.15, 0.2) is 0 Å². The molecule has 0 fully saturated rings. The zero-order chi connectivity index (χ0) is 13.4. The summed E-state index contributed by atoms with van der Waals surface area (Å²) in [6.45, 7) is 2.37. The van der Waals surface area contributed by atoms with Crippen molar-refractivity contribution in [2.45, 2.75) is 32.2 Å². The zero-order valence-electron chi connectivity index (χ0n) is 10.7. The van der Waals surface area contributed by atoms with Gasteiger partial charge in [-0.05, 0) is 18.6 Å². The van der Waals surface area contributed by atoms with E-state index in [2.05, 4.69) is 6.07 Å². The first-order chi connectivity index (χ1) is 8.69. The van der Waals surface area contributed by atoms with Gasteiger partial charge in [-0.15, -0.1) is 0 Å². The van der Waals surface area contributed by atoms with E-state index in [-0.39, 0.29) is 11.9 Å². The van der Waals surface area contributed by atoms with Crippen molar-refractivity contribution in [1.29, 1.82) is 5.26 Å². The number of hydrogen-bond acceptors (Lipinski definition) is 3. The van der Waals surface area contributed by atoms with E-state index in [0.717, 1.165) is 12.1 Å². The van der Waals surface area contributed by atoms with Gasteiger partial charge in [-0.25, -0.2) is 0 Å². The highest BCUT2D eigenvalue weighted by molar-refractivity contribution is 5.93. The zero-order valence-corrected chi connectivity index (χ0v) is 10.7. The molecule has 1 atom stereocenters. The summed E-state index contributed by atoms with van der Waals surface area (Å²) in [4.78, 5) is 13.8. The summed E-state index contributed by atoms with van der Waals surface area (Å²) in [6, 6.07) is 11.3. The van der Waals surface area contributed by atoms with Crippen molar-refractivity contribution >= 4 is 11.6 Å². The maximum Gasteiger partial charge on any atom is 0.228 e. The third-order valence-electron chi connectivity index (χ3n) is 2.78. The van der Waals surface area contributed by atoms with Crippen LogP contribution < -0.4 is 10.6 Å². The fraction of sp³-hybridized carbons (Fsp3) is 0.429. The minimum Gasteiger partial charge on any atom is -0.327 e. The Hall–Kier alpha value is -1.86. The molecule has 1 amide bonds. The largest absolute Gasteiger partial charge is 0.327 e. The molecule has 0 spiro atoms. The lowest BCUT2D eigenvalue weighted by Crippen LogP contribution is -2.36. The summed E-state index contributed by atoms with van der Waals surface area (Å²) < 4.78 is 0. The predicted molar refractivity (Wildman–Crippen MR) is 71.9 cm³/mol. The molecule has 4 heteroatoms. The second kappa shape index (κ2) is 7.46. The smallest absolute Gasteiger partial charge is 0.228 e. The average Bonchev–Trinajstić information content (AvgIpc) is 2.40. The number of amides is 1. The van der Waals surface area contributed by atoms with Gasteiger partial charge in [-0.1, -0.05) is 25.1 Å². The van der Waals surface area contributed by atoms with Gasteiger partial charge in [0.2, 0.25) is 5.91 Å². The molecule has 0 heterocycles. The monoisotopic (exact) mass is 245 g/mol. The van der Waals surface area contributed by atoms with Crippen LogP contribution in [-0.2, 0) is 4.79 Å². The molecule has 96 valence electrons. The van der Waals surface area contributed by atoms with Crippen molar-refractivity contribution in [2.24, 2.45) is 5.73 Å². The van der Waals surface area contributed by atoms with Crippen molar-refractivity contribution in [3.05, 3.63) is 30.3 Å². The molecule has 2 N–H and O–H groups in total. The number of carbonyl (C=O) groups is 1. The highest BCUT2D eigenvalue weighted by Crippen LogP contribution is 2.15. The van der Waals surface area contributed by atoms with Crippen LogP contribution in [0.2, 0.25) is 0 Å². The fourth-order valence-corrected chi connectivity index (χ4v) is 1.65. The normalized spacial score (nSPS) is 11.6. The van der Waals surface area contributed by atoms with Crippen molar-refractivity contribution in [2.75, 3.05) is 11.4 Å². The van der Waals surface area contributed by atoms with Crippen LogP contribution in [-0.4, -0.2) is 18.5 Å². The predicted octanol–water partition coefficient (Wildman–Crippen LogP) is 2.06. The van der Waals surface area contributed by atoms with Gasteiger partial charge in [0.25, 0.3) is 0 Å². The van der Waals surface area contributed by atoms with Crippen LogP contribution in [0.25, 0.3) is 0 Å². The molecule has 1 aromatic carbocycles. The summed E-state index contributed by atoms with van der Waals surface area (Å²) in [5, 5.41) is 8.66. The number of nitrogens with zero attached hydrogens (tertiary/aromatic N) is 2. The minimum absolute atomic E-state index is 0.0224. The second-order valence-electron chi connectivity index (χ2n) is 4.16. The molecular weight excluding hydrogens is 226 g/mol. The Morgan fingerprint density at radius 2 is 2.11 bits per heavy atom. The van der Waals surface area contributed by atoms with Gasteiger partial charge in [-0.3, -0.25) is 4.79 Å². The SMILES string of the molecule is CCC(N)CC(=O)N(CCC#N)c1ccccc1. The van der Waals surface area contributed by atoms with Crippen molar-refractivity contribution in [1.82, 2.24) is 0 Å². The number of para-hydroxylation sites is 1. The van der Waals surface area contributed by atoms with Crippen LogP contribution in [0, 0.1) is 11.3 Å². The molecule has 0 aromatic heterocycles. The number of nitriles is 1. The average molecular weight is 245 g/mol. The van der Waals surface area contributed by atoms with Crippen LogP contribution in [0.3, 0.4) is 0 Å². The Labute approximate surface area is 108 Å². The lowest BCUT2D eigenvalue weighted by Gasteiger charge is -2.23. The van der Waals surface area contributed by atoms with E-state index in [9.17, 15) is 4.79 Å². The number of benzene rings is 1. The molecule has 1 aromatic rings. The molecule has 0 aliphatic heterocycles. The molecule has 0 saturated carbocycles. The Morgan fingerprint density at radius 3 is 2.67 bits per heavy atom. The van der Waals surface area contributed by atoms with Gasteiger partial charge < -0.3 is 10.6 Å². The Morgan fingerprint density at radius 1 is 1.44 bits per heavy atom. The van der Waals surface area contributed by atoms with Gasteiger partial charge in [-0.2, -0.15) is 5.26 Å². The highest BCUT2D eigenvalue weighted by atomic mass is 16.2. The highest BCUT2D eigenvalue weighted by Gasteiger charge is 2.17. The molecule has 4 nitrogen and oxygen atoms in total. The first kappa shape index (κ1) is 14.2. The van der Waals surface area contributed by atoms with Crippen LogP contribution in [0.5, 0.6) is 0 Å². The van der Waals surface area contributed by atoms with E-state index in [0.29, 0.717) is 19.4 Å². The van der Waals surface area contributed by atoms with Crippen molar-refractivity contribution < 1.29 is 4.79 Å². The van der Waals surface area contributed by atoms with E-state index in [1.54, 1.807) is 4.90 Å². The first-order valence-corrected chi connectivity index (χ1v) is 6.17. The van der Waals surface area contributed by atoms with Crippen LogP contribution in [0.1, 0.15) is 26.2 Å². The van der Waals surface area contributed by atoms with Crippen molar-refractivity contribution in [3.8, 4) is 6.07 Å². The Bertz CT molecular complexity index is 411. The summed E-state index contributed by atoms with van der Waals surface area (Å²) in [7, 11) is 0. The standard InChI is InChI=1S/C14H19N3O/c1-2-12(16)11-14(18)17(10-6-9-15)13-7-4-3-5-8-13/h3-5,7-8,12H,2,6,10-11,16H2,1H3. The van der Waals surface area contributed by atoms with Crippen LogP contribution in [0.15, 0.2) is 30.3 Å². The number of anilines is 1. The third kappa shape index (κ3) is 4.19. The molecule has 0 aliphatic rings. The van der Waals surface area contributed by atoms with Crippen LogP contribution >= 0.6 is 0 Å². The maximum atomic E-state index is 12.2. The molecule has 0 bridgehead atoms. The van der Waals surface area contributed by atoms with Gasteiger partial charge in [0, 0.05) is 24.7 Å².